The average molecular weight is 571 g/mol. The van der Waals surface area contributed by atoms with Crippen molar-refractivity contribution in [3.63, 3.8) is 0 Å². The fourth-order valence-electron chi connectivity index (χ4n) is 6.39. The van der Waals surface area contributed by atoms with Gasteiger partial charge in [0.1, 0.15) is 29.3 Å². The first kappa shape index (κ1) is 26.6. The van der Waals surface area contributed by atoms with E-state index in [1.807, 2.05) is 34.3 Å². The summed E-state index contributed by atoms with van der Waals surface area (Å²) in [7, 11) is 0. The second kappa shape index (κ2) is 11.1. The Hall–Kier alpha value is -2.63. The standard InChI is InChI=1S/C28H32ClFN6O2S/c29-28-33-25(31)22-20(27-32-18(15-39-27)12-16-4-2-1-3-5-16)14-36(26(22)34-28)21-13-19(23(37)24(21)38)17-6-9-35(10-7-17)11-8-30/h1-5,14-15,17,19,21,23-24,37-38H,6-13H2,(H2,31,33,34)/t19-,21-,23-,24+/m1/s1. The molecule has 0 bridgehead atoms. The molecule has 1 saturated carbocycles. The number of likely N-dealkylation sites (tertiary alicyclic amines) is 1. The minimum absolute atomic E-state index is 0.0274. The smallest absolute Gasteiger partial charge is 0.226 e. The Balaban J connectivity index is 1.32. The molecule has 1 saturated heterocycles. The Morgan fingerprint density at radius 1 is 1.08 bits per heavy atom. The maximum atomic E-state index is 12.8. The lowest BCUT2D eigenvalue weighted by atomic mass is 9.82. The van der Waals surface area contributed by atoms with Crippen molar-refractivity contribution < 1.29 is 14.6 Å². The average Bonchev–Trinajstić information content (AvgIpc) is 3.62. The lowest BCUT2D eigenvalue weighted by Gasteiger charge is -2.35. The number of nitrogens with two attached hydrogens (primary N) is 1. The highest BCUT2D eigenvalue weighted by atomic mass is 35.5. The monoisotopic (exact) mass is 570 g/mol. The Morgan fingerprint density at radius 3 is 2.59 bits per heavy atom. The first-order chi connectivity index (χ1) is 18.9. The second-order valence-corrected chi connectivity index (χ2v) is 11.8. The lowest BCUT2D eigenvalue weighted by molar-refractivity contribution is -0.0124. The van der Waals surface area contributed by atoms with Crippen molar-refractivity contribution in [3.05, 3.63) is 58.4 Å². The van der Waals surface area contributed by atoms with Crippen LogP contribution in [-0.2, 0) is 6.42 Å². The van der Waals surface area contributed by atoms with Crippen LogP contribution in [-0.4, -0.2) is 73.1 Å². The molecular formula is C28H32ClFN6O2S. The molecule has 0 unspecified atom stereocenters. The molecule has 0 amide bonds. The Morgan fingerprint density at radius 2 is 1.85 bits per heavy atom. The molecule has 11 heteroatoms. The third-order valence-corrected chi connectivity index (χ3v) is 9.47. The Kier molecular flexibility index (Phi) is 7.56. The van der Waals surface area contributed by atoms with Gasteiger partial charge in [0.05, 0.1) is 23.2 Å². The van der Waals surface area contributed by atoms with Crippen LogP contribution in [0.2, 0.25) is 5.28 Å². The molecular weight excluding hydrogens is 539 g/mol. The summed E-state index contributed by atoms with van der Waals surface area (Å²) < 4.78 is 14.7. The summed E-state index contributed by atoms with van der Waals surface area (Å²) in [5.41, 5.74) is 9.80. The number of halogens is 2. The van der Waals surface area contributed by atoms with Crippen molar-refractivity contribution in [1.82, 2.24) is 24.4 Å². The second-order valence-electron chi connectivity index (χ2n) is 10.6. The van der Waals surface area contributed by atoms with Gasteiger partial charge in [0.15, 0.2) is 0 Å². The predicted octanol–water partition coefficient (Wildman–Crippen LogP) is 4.35. The van der Waals surface area contributed by atoms with Gasteiger partial charge in [0.2, 0.25) is 5.28 Å². The van der Waals surface area contributed by atoms with E-state index < -0.39 is 18.2 Å². The van der Waals surface area contributed by atoms with Crippen LogP contribution in [0.4, 0.5) is 10.2 Å². The van der Waals surface area contributed by atoms with Crippen LogP contribution in [0.25, 0.3) is 21.6 Å². The number of anilines is 1. The highest BCUT2D eigenvalue weighted by molar-refractivity contribution is 7.13. The number of nitrogen functional groups attached to an aromatic ring is 1. The first-order valence-corrected chi connectivity index (χ1v) is 14.7. The van der Waals surface area contributed by atoms with Crippen LogP contribution < -0.4 is 5.73 Å². The molecule has 3 aromatic heterocycles. The number of fused-ring (bicyclic) bond motifs is 1. The van der Waals surface area contributed by atoms with Crippen LogP contribution in [0.15, 0.2) is 41.9 Å². The number of hydrogen-bond acceptors (Lipinski definition) is 8. The SMILES string of the molecule is Nc1nc(Cl)nc2c1c(-c1nc(Cc3ccccc3)cs1)cn2[C@@H]1C[C@H](C2CCN(CCF)CC2)[C@@H](O)[C@H]1O. The van der Waals surface area contributed by atoms with Crippen molar-refractivity contribution in [1.29, 1.82) is 0 Å². The fourth-order valence-corrected chi connectivity index (χ4v) is 7.40. The largest absolute Gasteiger partial charge is 0.390 e. The zero-order valence-electron chi connectivity index (χ0n) is 21.5. The topological polar surface area (TPSA) is 113 Å². The molecule has 1 aliphatic carbocycles. The van der Waals surface area contributed by atoms with Crippen LogP contribution in [0.3, 0.4) is 0 Å². The third kappa shape index (κ3) is 5.16. The summed E-state index contributed by atoms with van der Waals surface area (Å²) in [6.07, 6.45) is 3.16. The number of aliphatic hydroxyl groups is 2. The molecule has 39 heavy (non-hydrogen) atoms. The van der Waals surface area contributed by atoms with Crippen LogP contribution in [0.1, 0.15) is 36.6 Å². The molecule has 6 rings (SSSR count). The molecule has 206 valence electrons. The highest BCUT2D eigenvalue weighted by Crippen LogP contribution is 2.46. The number of nitrogens with zero attached hydrogens (tertiary/aromatic N) is 5. The highest BCUT2D eigenvalue weighted by Gasteiger charge is 2.46. The van der Waals surface area contributed by atoms with Crippen LogP contribution >= 0.6 is 22.9 Å². The van der Waals surface area contributed by atoms with Crippen LogP contribution in [0, 0.1) is 11.8 Å². The third-order valence-electron chi connectivity index (χ3n) is 8.38. The number of aromatic nitrogens is 4. The first-order valence-electron chi connectivity index (χ1n) is 13.4. The number of piperidine rings is 1. The molecule has 1 aromatic carbocycles. The van der Waals surface area contributed by atoms with Gasteiger partial charge in [-0.05, 0) is 61.4 Å². The van der Waals surface area contributed by atoms with Gasteiger partial charge in [0.25, 0.3) is 0 Å². The summed E-state index contributed by atoms with van der Waals surface area (Å²) in [4.78, 5) is 15.7. The zero-order chi connectivity index (χ0) is 27.1. The van der Waals surface area contributed by atoms with E-state index in [4.69, 9.17) is 22.3 Å². The van der Waals surface area contributed by atoms with Gasteiger partial charge in [0, 0.05) is 30.1 Å². The summed E-state index contributed by atoms with van der Waals surface area (Å²) >= 11 is 7.76. The molecule has 0 spiro atoms. The quantitative estimate of drug-likeness (QED) is 0.283. The van der Waals surface area contributed by atoms with Crippen molar-refractivity contribution in [2.45, 2.75) is 43.9 Å². The summed E-state index contributed by atoms with van der Waals surface area (Å²) in [6.45, 7) is 1.73. The molecule has 4 N–H and O–H groups in total. The maximum Gasteiger partial charge on any atom is 0.226 e. The van der Waals surface area contributed by atoms with Gasteiger partial charge >= 0.3 is 0 Å². The van der Waals surface area contributed by atoms with E-state index in [-0.39, 0.29) is 29.6 Å². The summed E-state index contributed by atoms with van der Waals surface area (Å²) in [5, 5.41) is 25.9. The van der Waals surface area contributed by atoms with Gasteiger partial charge in [-0.25, -0.2) is 14.4 Å². The fraction of sp³-hybridized carbons (Fsp3) is 0.464. The zero-order valence-corrected chi connectivity index (χ0v) is 23.0. The predicted molar refractivity (Wildman–Crippen MR) is 152 cm³/mol. The number of aliphatic hydroxyl groups excluding tert-OH is 2. The molecule has 1 aliphatic heterocycles. The molecule has 2 fully saturated rings. The van der Waals surface area contributed by atoms with Gasteiger partial charge in [-0.15, -0.1) is 11.3 Å². The van der Waals surface area contributed by atoms with E-state index in [1.54, 1.807) is 0 Å². The van der Waals surface area contributed by atoms with Crippen molar-refractivity contribution in [3.8, 4) is 10.6 Å². The van der Waals surface area contributed by atoms with Gasteiger partial charge in [-0.2, -0.15) is 4.98 Å². The lowest BCUT2D eigenvalue weighted by Crippen LogP contribution is -2.40. The number of benzene rings is 1. The molecule has 4 heterocycles. The van der Waals surface area contributed by atoms with Crippen LogP contribution in [0.5, 0.6) is 0 Å². The number of thiazole rings is 1. The van der Waals surface area contributed by atoms with E-state index in [2.05, 4.69) is 27.0 Å². The molecule has 4 aromatic rings. The minimum atomic E-state index is -0.970. The Bertz CT molecular complexity index is 1440. The van der Waals surface area contributed by atoms with E-state index in [0.29, 0.717) is 30.4 Å². The molecule has 8 nitrogen and oxygen atoms in total. The minimum Gasteiger partial charge on any atom is -0.390 e. The maximum absolute atomic E-state index is 12.8. The van der Waals surface area contributed by atoms with E-state index >= 15 is 0 Å². The van der Waals surface area contributed by atoms with Crippen molar-refractivity contribution in [2.75, 3.05) is 32.0 Å². The van der Waals surface area contributed by atoms with Crippen molar-refractivity contribution in [2.24, 2.45) is 11.8 Å². The number of hydrogen-bond donors (Lipinski definition) is 3. The van der Waals surface area contributed by atoms with E-state index in [9.17, 15) is 14.6 Å². The van der Waals surface area contributed by atoms with Gasteiger partial charge in [-0.1, -0.05) is 30.3 Å². The summed E-state index contributed by atoms with van der Waals surface area (Å²) in [6, 6.07) is 9.77. The normalized spacial score (nSPS) is 24.6. The Labute approximate surface area is 235 Å². The van der Waals surface area contributed by atoms with E-state index in [0.717, 1.165) is 42.2 Å². The molecule has 4 atom stereocenters. The van der Waals surface area contributed by atoms with Gasteiger partial charge < -0.3 is 25.4 Å². The summed E-state index contributed by atoms with van der Waals surface area (Å²) in [5.74, 6) is 0.452. The number of alkyl halides is 1. The number of rotatable bonds is 7. The van der Waals surface area contributed by atoms with Gasteiger partial charge in [-0.3, -0.25) is 0 Å². The molecule has 2 aliphatic rings. The van der Waals surface area contributed by atoms with E-state index in [1.165, 1.54) is 16.9 Å². The van der Waals surface area contributed by atoms with Crippen molar-refractivity contribution >= 4 is 39.8 Å². The molecule has 0 radical (unpaired) electrons.